The molecule has 5 rings (SSSR count). The average molecular weight is 437 g/mol. The van der Waals surface area contributed by atoms with Gasteiger partial charge in [-0.3, -0.25) is 14.2 Å². The summed E-state index contributed by atoms with van der Waals surface area (Å²) in [4.78, 5) is 33.6. The van der Waals surface area contributed by atoms with Crippen LogP contribution in [0.3, 0.4) is 0 Å². The van der Waals surface area contributed by atoms with Crippen LogP contribution in [0.5, 0.6) is 0 Å². The van der Waals surface area contributed by atoms with E-state index in [-0.39, 0.29) is 18.0 Å². The fourth-order valence-corrected chi connectivity index (χ4v) is 4.32. The Hall–Kier alpha value is -3.30. The summed E-state index contributed by atoms with van der Waals surface area (Å²) in [6, 6.07) is 3.94. The number of fused-ring (bicyclic) bond motifs is 1. The minimum atomic E-state index is -0.156. The van der Waals surface area contributed by atoms with Gasteiger partial charge in [0, 0.05) is 43.4 Å². The number of hydrogen-bond donors (Lipinski definition) is 0. The normalized spacial score (nSPS) is 17.4. The van der Waals surface area contributed by atoms with Gasteiger partial charge in [-0.1, -0.05) is 6.42 Å². The van der Waals surface area contributed by atoms with Crippen molar-refractivity contribution in [3.05, 3.63) is 45.9 Å². The summed E-state index contributed by atoms with van der Waals surface area (Å²) in [7, 11) is 0. The first-order chi connectivity index (χ1) is 15.5. The van der Waals surface area contributed by atoms with E-state index < -0.39 is 0 Å². The minimum Gasteiger partial charge on any atom is -0.353 e. The van der Waals surface area contributed by atoms with Gasteiger partial charge in [0.05, 0.1) is 6.33 Å². The number of aromatic nitrogens is 6. The Labute approximate surface area is 185 Å². The zero-order valence-corrected chi connectivity index (χ0v) is 18.6. The molecule has 1 saturated heterocycles. The van der Waals surface area contributed by atoms with Crippen LogP contribution < -0.4 is 10.5 Å². The van der Waals surface area contributed by atoms with Gasteiger partial charge in [-0.25, -0.2) is 4.98 Å². The molecular weight excluding hydrogens is 408 g/mol. The molecule has 2 fully saturated rings. The second-order valence-corrected chi connectivity index (χ2v) is 8.76. The van der Waals surface area contributed by atoms with Gasteiger partial charge in [0.2, 0.25) is 5.91 Å². The topological polar surface area (TPSA) is 102 Å². The van der Waals surface area contributed by atoms with Gasteiger partial charge in [0.15, 0.2) is 11.5 Å². The molecule has 1 aliphatic heterocycles. The first kappa shape index (κ1) is 20.6. The van der Waals surface area contributed by atoms with E-state index in [1.54, 1.807) is 13.8 Å². The molecule has 10 heteroatoms. The highest BCUT2D eigenvalue weighted by molar-refractivity contribution is 5.76. The molecule has 3 aromatic heterocycles. The number of anilines is 1. The predicted octanol–water partition coefficient (Wildman–Crippen LogP) is 1.30. The second-order valence-electron chi connectivity index (χ2n) is 8.76. The molecule has 1 amide bonds. The lowest BCUT2D eigenvalue weighted by Crippen LogP contribution is -2.39. The molecule has 0 bridgehead atoms. The quantitative estimate of drug-likeness (QED) is 0.608. The number of hydrogen-bond acceptors (Lipinski definition) is 7. The van der Waals surface area contributed by atoms with E-state index in [0.717, 1.165) is 43.1 Å². The summed E-state index contributed by atoms with van der Waals surface area (Å²) in [5.41, 5.74) is 1.90. The second kappa shape index (κ2) is 8.33. The Morgan fingerprint density at radius 2 is 1.91 bits per heavy atom. The summed E-state index contributed by atoms with van der Waals surface area (Å²) in [6.07, 6.45) is 5.83. The number of nitrogens with zero attached hydrogens (tertiary/aromatic N) is 8. The molecule has 3 aromatic rings. The van der Waals surface area contributed by atoms with Crippen molar-refractivity contribution >= 4 is 17.4 Å². The van der Waals surface area contributed by atoms with Crippen LogP contribution in [0.25, 0.3) is 5.65 Å². The molecule has 1 aliphatic carbocycles. The van der Waals surface area contributed by atoms with Crippen LogP contribution in [0.2, 0.25) is 0 Å². The maximum Gasteiger partial charge on any atom is 0.256 e. The zero-order chi connectivity index (χ0) is 22.2. The third-order valence-electron chi connectivity index (χ3n) is 6.74. The summed E-state index contributed by atoms with van der Waals surface area (Å²) in [5.74, 6) is 2.22. The molecule has 32 heavy (non-hydrogen) atoms. The molecule has 2 aliphatic rings. The van der Waals surface area contributed by atoms with Gasteiger partial charge in [0.25, 0.3) is 5.56 Å². The average Bonchev–Trinajstić information content (AvgIpc) is 3.00. The molecule has 0 unspecified atom stereocenters. The first-order valence-corrected chi connectivity index (χ1v) is 11.3. The van der Waals surface area contributed by atoms with Crippen molar-refractivity contribution in [1.82, 2.24) is 34.3 Å². The predicted molar refractivity (Wildman–Crippen MR) is 119 cm³/mol. The van der Waals surface area contributed by atoms with E-state index in [0.29, 0.717) is 36.8 Å². The Balaban J connectivity index is 1.28. The lowest BCUT2D eigenvalue weighted by atomic mass is 9.85. The van der Waals surface area contributed by atoms with Gasteiger partial charge < -0.3 is 9.80 Å². The Morgan fingerprint density at radius 1 is 1.06 bits per heavy atom. The highest BCUT2D eigenvalue weighted by atomic mass is 16.2. The fourth-order valence-electron chi connectivity index (χ4n) is 4.32. The summed E-state index contributed by atoms with van der Waals surface area (Å²) in [6.45, 7) is 6.30. The van der Waals surface area contributed by atoms with Crippen molar-refractivity contribution in [2.24, 2.45) is 0 Å². The molecule has 0 aromatic carbocycles. The Bertz CT molecular complexity index is 1210. The lowest BCUT2D eigenvalue weighted by molar-refractivity contribution is -0.131. The van der Waals surface area contributed by atoms with Gasteiger partial charge in [0.1, 0.15) is 12.4 Å². The maximum atomic E-state index is 12.9. The molecule has 10 nitrogen and oxygen atoms in total. The van der Waals surface area contributed by atoms with Gasteiger partial charge in [-0.2, -0.15) is 4.52 Å². The highest BCUT2D eigenvalue weighted by Gasteiger charge is 2.26. The Morgan fingerprint density at radius 3 is 2.69 bits per heavy atom. The maximum absolute atomic E-state index is 12.9. The van der Waals surface area contributed by atoms with Crippen LogP contribution in [0.4, 0.5) is 5.82 Å². The van der Waals surface area contributed by atoms with Crippen molar-refractivity contribution in [3.63, 3.8) is 0 Å². The third-order valence-corrected chi connectivity index (χ3v) is 6.74. The molecule has 0 spiro atoms. The third kappa shape index (κ3) is 3.74. The van der Waals surface area contributed by atoms with E-state index in [2.05, 4.69) is 20.1 Å². The monoisotopic (exact) mass is 436 g/mol. The molecule has 0 atom stereocenters. The number of aryl methyl sites for hydroxylation is 1. The van der Waals surface area contributed by atoms with Crippen molar-refractivity contribution in [1.29, 1.82) is 0 Å². The molecule has 0 N–H and O–H groups in total. The van der Waals surface area contributed by atoms with E-state index >= 15 is 0 Å². The molecule has 4 heterocycles. The van der Waals surface area contributed by atoms with Gasteiger partial charge >= 0.3 is 0 Å². The van der Waals surface area contributed by atoms with Crippen LogP contribution >= 0.6 is 0 Å². The van der Waals surface area contributed by atoms with E-state index in [1.165, 1.54) is 17.3 Å². The lowest BCUT2D eigenvalue weighted by Gasteiger charge is -2.24. The molecule has 0 radical (unpaired) electrons. The van der Waals surface area contributed by atoms with Crippen LogP contribution in [0, 0.1) is 13.8 Å². The summed E-state index contributed by atoms with van der Waals surface area (Å²) < 4.78 is 3.28. The standard InChI is InChI=1S/C22H28N8O2/c1-15-16(2)23-14-29(22(15)32)13-20(31)28-10-4-9-27(11-12-28)19-8-7-18-24-25-21(30(18)26-19)17-5-3-6-17/h7-8,14,17H,3-6,9-13H2,1-2H3. The van der Waals surface area contributed by atoms with Gasteiger partial charge in [-0.15, -0.1) is 15.3 Å². The van der Waals surface area contributed by atoms with Gasteiger partial charge in [-0.05, 0) is 45.2 Å². The zero-order valence-electron chi connectivity index (χ0n) is 18.6. The first-order valence-electron chi connectivity index (χ1n) is 11.3. The van der Waals surface area contributed by atoms with Crippen LogP contribution in [0.15, 0.2) is 23.3 Å². The number of amides is 1. The molecule has 168 valence electrons. The smallest absolute Gasteiger partial charge is 0.256 e. The summed E-state index contributed by atoms with van der Waals surface area (Å²) >= 11 is 0. The fraction of sp³-hybridized carbons (Fsp3) is 0.545. The van der Waals surface area contributed by atoms with Crippen LogP contribution in [-0.4, -0.2) is 66.3 Å². The highest BCUT2D eigenvalue weighted by Crippen LogP contribution is 2.35. The van der Waals surface area contributed by atoms with E-state index in [4.69, 9.17) is 5.10 Å². The summed E-state index contributed by atoms with van der Waals surface area (Å²) in [5, 5.41) is 13.5. The van der Waals surface area contributed by atoms with E-state index in [9.17, 15) is 9.59 Å². The largest absolute Gasteiger partial charge is 0.353 e. The SMILES string of the molecule is Cc1ncn(CC(=O)N2CCCN(c3ccc4nnc(C5CCC5)n4n3)CC2)c(=O)c1C. The van der Waals surface area contributed by atoms with Crippen molar-refractivity contribution in [2.75, 3.05) is 31.1 Å². The van der Waals surface area contributed by atoms with Crippen LogP contribution in [0.1, 0.15) is 48.7 Å². The number of carbonyl (C=O) groups is 1. The number of rotatable bonds is 4. The Kier molecular flexibility index (Phi) is 5.36. The van der Waals surface area contributed by atoms with Crippen molar-refractivity contribution < 1.29 is 4.79 Å². The van der Waals surface area contributed by atoms with Crippen LogP contribution in [-0.2, 0) is 11.3 Å². The number of carbonyl (C=O) groups excluding carboxylic acids is 1. The van der Waals surface area contributed by atoms with Crippen molar-refractivity contribution in [3.8, 4) is 0 Å². The minimum absolute atomic E-state index is 0.0165. The van der Waals surface area contributed by atoms with E-state index in [1.807, 2.05) is 21.5 Å². The molecular formula is C22H28N8O2. The van der Waals surface area contributed by atoms with Crippen molar-refractivity contribution in [2.45, 2.75) is 52.0 Å². The molecule has 1 saturated carbocycles.